The predicted molar refractivity (Wildman–Crippen MR) is 105 cm³/mol. The van der Waals surface area contributed by atoms with Crippen molar-refractivity contribution in [3.63, 3.8) is 0 Å². The molecule has 0 saturated carbocycles. The van der Waals surface area contributed by atoms with E-state index < -0.39 is 10.0 Å². The van der Waals surface area contributed by atoms with Crippen LogP contribution in [-0.4, -0.2) is 42.5 Å². The number of anilines is 1. The van der Waals surface area contributed by atoms with Gasteiger partial charge in [-0.05, 0) is 37.5 Å². The molecule has 1 amide bonds. The van der Waals surface area contributed by atoms with Crippen molar-refractivity contribution in [1.82, 2.24) is 15.1 Å². The predicted octanol–water partition coefficient (Wildman–Crippen LogP) is 3.14. The maximum absolute atomic E-state index is 12.7. The normalized spacial score (nSPS) is 14.4. The summed E-state index contributed by atoms with van der Waals surface area (Å²) in [5.41, 5.74) is 1.81. The maximum atomic E-state index is 12.7. The maximum Gasteiger partial charge on any atom is 0.311 e. The highest BCUT2D eigenvalue weighted by atomic mass is 32.2. The molecule has 3 aromatic rings. The summed E-state index contributed by atoms with van der Waals surface area (Å²) < 4.78 is 33.5. The smallest absolute Gasteiger partial charge is 0.311 e. The summed E-state index contributed by atoms with van der Waals surface area (Å²) in [6.07, 6.45) is 1.93. The molecular weight excluding hydrogens is 400 g/mol. The summed E-state index contributed by atoms with van der Waals surface area (Å²) >= 11 is 1.05. The number of amides is 1. The number of hydrogen-bond donors (Lipinski definition) is 1. The highest BCUT2D eigenvalue weighted by molar-refractivity contribution is 7.94. The SMILES string of the molecule is Cc1ccccc1NS(=O)(=O)c1cc(-c2nnc(C(=O)N3CCCC3)o2)cs1. The molecule has 0 aliphatic carbocycles. The first-order valence-corrected chi connectivity index (χ1v) is 11.1. The number of benzene rings is 1. The summed E-state index contributed by atoms with van der Waals surface area (Å²) in [4.78, 5) is 14.0. The quantitative estimate of drug-likeness (QED) is 0.682. The molecule has 1 aliphatic rings. The fourth-order valence-electron chi connectivity index (χ4n) is 2.93. The van der Waals surface area contributed by atoms with Crippen LogP contribution in [0.3, 0.4) is 0 Å². The molecule has 0 atom stereocenters. The van der Waals surface area contributed by atoms with Gasteiger partial charge in [-0.2, -0.15) is 0 Å². The molecule has 0 radical (unpaired) electrons. The highest BCUT2D eigenvalue weighted by Crippen LogP contribution is 2.30. The minimum absolute atomic E-state index is 0.0782. The van der Waals surface area contributed by atoms with Gasteiger partial charge in [0.25, 0.3) is 10.0 Å². The van der Waals surface area contributed by atoms with Gasteiger partial charge in [0.05, 0.1) is 11.3 Å². The van der Waals surface area contributed by atoms with Crippen LogP contribution < -0.4 is 4.72 Å². The van der Waals surface area contributed by atoms with E-state index in [-0.39, 0.29) is 21.9 Å². The first kappa shape index (κ1) is 18.6. The van der Waals surface area contributed by atoms with E-state index in [1.54, 1.807) is 22.4 Å². The Labute approximate surface area is 166 Å². The van der Waals surface area contributed by atoms with Crippen molar-refractivity contribution in [2.45, 2.75) is 24.0 Å². The Balaban J connectivity index is 1.54. The van der Waals surface area contributed by atoms with Gasteiger partial charge in [-0.3, -0.25) is 9.52 Å². The van der Waals surface area contributed by atoms with E-state index in [0.29, 0.717) is 24.3 Å². The third-order valence-corrected chi connectivity index (χ3v) is 7.28. The van der Waals surface area contributed by atoms with Crippen LogP contribution >= 0.6 is 11.3 Å². The minimum Gasteiger partial charge on any atom is -0.412 e. The van der Waals surface area contributed by atoms with Crippen molar-refractivity contribution < 1.29 is 17.6 Å². The number of rotatable bonds is 5. The van der Waals surface area contributed by atoms with E-state index in [9.17, 15) is 13.2 Å². The number of aromatic nitrogens is 2. The van der Waals surface area contributed by atoms with Gasteiger partial charge < -0.3 is 9.32 Å². The van der Waals surface area contributed by atoms with Crippen LogP contribution in [0, 0.1) is 6.92 Å². The van der Waals surface area contributed by atoms with Crippen LogP contribution in [0.15, 0.2) is 44.3 Å². The van der Waals surface area contributed by atoms with Crippen molar-refractivity contribution in [1.29, 1.82) is 0 Å². The molecule has 1 N–H and O–H groups in total. The zero-order valence-corrected chi connectivity index (χ0v) is 16.7. The van der Waals surface area contributed by atoms with E-state index in [1.807, 2.05) is 19.1 Å². The summed E-state index contributed by atoms with van der Waals surface area (Å²) in [5.74, 6) is -0.248. The number of likely N-dealkylation sites (tertiary alicyclic amines) is 1. The molecule has 0 spiro atoms. The molecule has 2 aromatic heterocycles. The second kappa shape index (κ2) is 7.36. The number of sulfonamides is 1. The molecule has 1 aromatic carbocycles. The number of thiophene rings is 1. The van der Waals surface area contributed by atoms with E-state index in [4.69, 9.17) is 4.42 Å². The molecule has 8 nitrogen and oxygen atoms in total. The van der Waals surface area contributed by atoms with Gasteiger partial charge in [0.1, 0.15) is 4.21 Å². The Kier molecular flexibility index (Phi) is 4.90. The van der Waals surface area contributed by atoms with E-state index in [0.717, 1.165) is 29.7 Å². The lowest BCUT2D eigenvalue weighted by Crippen LogP contribution is -2.27. The molecule has 3 heterocycles. The van der Waals surface area contributed by atoms with Crippen LogP contribution in [0.2, 0.25) is 0 Å². The summed E-state index contributed by atoms with van der Waals surface area (Å²) in [6.45, 7) is 3.19. The molecule has 1 fully saturated rings. The molecule has 0 unspecified atom stereocenters. The van der Waals surface area contributed by atoms with Crippen molar-refractivity contribution in [3.8, 4) is 11.5 Å². The average Bonchev–Trinajstić information content (AvgIpc) is 3.42. The van der Waals surface area contributed by atoms with Crippen molar-refractivity contribution in [2.24, 2.45) is 0 Å². The summed E-state index contributed by atoms with van der Waals surface area (Å²) in [7, 11) is -3.74. The average molecular weight is 419 g/mol. The molecule has 0 bridgehead atoms. The summed E-state index contributed by atoms with van der Waals surface area (Å²) in [6, 6.07) is 8.60. The Bertz CT molecular complexity index is 1110. The van der Waals surface area contributed by atoms with Gasteiger partial charge in [-0.1, -0.05) is 18.2 Å². The van der Waals surface area contributed by atoms with Crippen LogP contribution in [-0.2, 0) is 10.0 Å². The first-order valence-electron chi connectivity index (χ1n) is 8.74. The Morgan fingerprint density at radius 2 is 1.96 bits per heavy atom. The van der Waals surface area contributed by atoms with Gasteiger partial charge in [-0.15, -0.1) is 21.5 Å². The lowest BCUT2D eigenvalue weighted by Gasteiger charge is -2.11. The monoisotopic (exact) mass is 418 g/mol. The molecule has 1 aliphatic heterocycles. The number of carbonyl (C=O) groups excluding carboxylic acids is 1. The molecular formula is C18H18N4O4S2. The van der Waals surface area contributed by atoms with E-state index in [1.165, 1.54) is 6.07 Å². The number of nitrogens with zero attached hydrogens (tertiary/aromatic N) is 3. The van der Waals surface area contributed by atoms with Gasteiger partial charge in [0, 0.05) is 18.5 Å². The van der Waals surface area contributed by atoms with Gasteiger partial charge in [0.15, 0.2) is 0 Å². The minimum atomic E-state index is -3.74. The Morgan fingerprint density at radius 1 is 1.21 bits per heavy atom. The lowest BCUT2D eigenvalue weighted by atomic mass is 10.2. The van der Waals surface area contributed by atoms with Gasteiger partial charge in [-0.25, -0.2) is 8.42 Å². The molecule has 146 valence electrons. The largest absolute Gasteiger partial charge is 0.412 e. The van der Waals surface area contributed by atoms with E-state index >= 15 is 0 Å². The number of para-hydroxylation sites is 1. The third-order valence-electron chi connectivity index (χ3n) is 4.48. The van der Waals surface area contributed by atoms with E-state index in [2.05, 4.69) is 14.9 Å². The number of aryl methyl sites for hydroxylation is 1. The van der Waals surface area contributed by atoms with Gasteiger partial charge in [0.2, 0.25) is 5.89 Å². The van der Waals surface area contributed by atoms with Crippen molar-refractivity contribution >= 4 is 33.0 Å². The lowest BCUT2D eigenvalue weighted by molar-refractivity contribution is 0.0754. The van der Waals surface area contributed by atoms with Crippen LogP contribution in [0.5, 0.6) is 0 Å². The molecule has 1 saturated heterocycles. The topological polar surface area (TPSA) is 105 Å². The third kappa shape index (κ3) is 3.65. The Hall–Kier alpha value is -2.72. The molecule has 10 heteroatoms. The first-order chi connectivity index (χ1) is 13.4. The van der Waals surface area contributed by atoms with Crippen LogP contribution in [0.4, 0.5) is 5.69 Å². The fraction of sp³-hybridized carbons (Fsp3) is 0.278. The van der Waals surface area contributed by atoms with Gasteiger partial charge >= 0.3 is 11.8 Å². The standard InChI is InChI=1S/C18H18N4O4S2/c1-12-6-2-3-7-14(12)21-28(24,25)15-10-13(11-27-15)16-19-20-17(26-16)18(23)22-8-4-5-9-22/h2-3,6-7,10-11,21H,4-5,8-9H2,1H3. The zero-order chi connectivity index (χ0) is 19.7. The van der Waals surface area contributed by atoms with Crippen LogP contribution in [0.25, 0.3) is 11.5 Å². The molecule has 4 rings (SSSR count). The second-order valence-corrected chi connectivity index (χ2v) is 9.31. The number of hydrogen-bond acceptors (Lipinski definition) is 7. The molecule has 28 heavy (non-hydrogen) atoms. The van der Waals surface area contributed by atoms with Crippen molar-refractivity contribution in [3.05, 3.63) is 47.2 Å². The summed E-state index contributed by atoms with van der Waals surface area (Å²) in [5, 5.41) is 9.33. The second-order valence-electron chi connectivity index (χ2n) is 6.49. The zero-order valence-electron chi connectivity index (χ0n) is 15.1. The van der Waals surface area contributed by atoms with Crippen LogP contribution in [0.1, 0.15) is 29.1 Å². The fourth-order valence-corrected chi connectivity index (χ4v) is 5.22. The number of nitrogens with one attached hydrogen (secondary N) is 1. The number of carbonyl (C=O) groups is 1. The Morgan fingerprint density at radius 3 is 2.71 bits per heavy atom. The highest BCUT2D eigenvalue weighted by Gasteiger charge is 2.26. The van der Waals surface area contributed by atoms with Crippen molar-refractivity contribution in [2.75, 3.05) is 17.8 Å².